The summed E-state index contributed by atoms with van der Waals surface area (Å²) in [5.74, 6) is 0.107. The van der Waals surface area contributed by atoms with Gasteiger partial charge < -0.3 is 19.7 Å². The van der Waals surface area contributed by atoms with Crippen LogP contribution in [0.4, 0.5) is 0 Å². The van der Waals surface area contributed by atoms with E-state index in [1.807, 2.05) is 30.3 Å². The van der Waals surface area contributed by atoms with Gasteiger partial charge in [-0.2, -0.15) is 4.98 Å². The van der Waals surface area contributed by atoms with Crippen molar-refractivity contribution in [2.24, 2.45) is 13.0 Å². The van der Waals surface area contributed by atoms with E-state index in [2.05, 4.69) is 25.8 Å². The van der Waals surface area contributed by atoms with Crippen molar-refractivity contribution >= 4 is 11.8 Å². The van der Waals surface area contributed by atoms with Gasteiger partial charge in [0.15, 0.2) is 0 Å². The maximum atomic E-state index is 12.7. The Morgan fingerprint density at radius 3 is 2.69 bits per heavy atom. The standard InChI is InChI=1S/C20H22N6O3/c1-21-18(27)13-8-14(15(9-13)23-19(28)16-10-22-11-26(16)2)20-24-17(25-29-20)12-6-4-3-5-7-12/h3-7,10-11,13-15H,8-9H2,1-2H3,(H,21,27)(H,23,28). The number of nitrogens with one attached hydrogen (secondary N) is 2. The molecular weight excluding hydrogens is 372 g/mol. The average molecular weight is 394 g/mol. The molecule has 9 nitrogen and oxygen atoms in total. The Bertz CT molecular complexity index is 1010. The Labute approximate surface area is 167 Å². The lowest BCUT2D eigenvalue weighted by molar-refractivity contribution is -0.124. The topological polar surface area (TPSA) is 115 Å². The van der Waals surface area contributed by atoms with E-state index in [9.17, 15) is 9.59 Å². The van der Waals surface area contributed by atoms with E-state index in [1.165, 1.54) is 6.20 Å². The van der Waals surface area contributed by atoms with Crippen molar-refractivity contribution in [3.05, 3.63) is 54.4 Å². The minimum Gasteiger partial charge on any atom is -0.359 e. The van der Waals surface area contributed by atoms with Crippen molar-refractivity contribution in [3.63, 3.8) is 0 Å². The second-order valence-electron chi connectivity index (χ2n) is 7.18. The van der Waals surface area contributed by atoms with Crippen LogP contribution in [0.1, 0.15) is 35.1 Å². The van der Waals surface area contributed by atoms with Crippen LogP contribution in [0.5, 0.6) is 0 Å². The molecule has 29 heavy (non-hydrogen) atoms. The van der Waals surface area contributed by atoms with Crippen molar-refractivity contribution in [1.82, 2.24) is 30.3 Å². The third-order valence-corrected chi connectivity index (χ3v) is 5.34. The SMILES string of the molecule is CNC(=O)C1CC(NC(=O)c2cncn2C)C(c2nc(-c3ccccc3)no2)C1. The molecule has 2 aromatic heterocycles. The fourth-order valence-corrected chi connectivity index (χ4v) is 3.80. The lowest BCUT2D eigenvalue weighted by atomic mass is 10.0. The number of rotatable bonds is 5. The number of benzene rings is 1. The first kappa shape index (κ1) is 18.9. The first-order valence-corrected chi connectivity index (χ1v) is 9.44. The van der Waals surface area contributed by atoms with E-state index in [4.69, 9.17) is 4.52 Å². The van der Waals surface area contributed by atoms with Gasteiger partial charge in [0, 0.05) is 31.6 Å². The van der Waals surface area contributed by atoms with Gasteiger partial charge >= 0.3 is 0 Å². The Kier molecular flexibility index (Phi) is 5.11. The molecular formula is C20H22N6O3. The van der Waals surface area contributed by atoms with Crippen molar-refractivity contribution < 1.29 is 14.1 Å². The molecule has 1 aliphatic carbocycles. The minimum absolute atomic E-state index is 0.0601. The largest absolute Gasteiger partial charge is 0.359 e. The molecule has 2 heterocycles. The number of aromatic nitrogens is 4. The molecule has 1 aromatic carbocycles. The highest BCUT2D eigenvalue weighted by molar-refractivity contribution is 5.92. The Morgan fingerprint density at radius 1 is 1.21 bits per heavy atom. The number of aryl methyl sites for hydroxylation is 1. The van der Waals surface area contributed by atoms with Crippen LogP contribution in [0.2, 0.25) is 0 Å². The Morgan fingerprint density at radius 2 is 2.00 bits per heavy atom. The quantitative estimate of drug-likeness (QED) is 0.678. The van der Waals surface area contributed by atoms with Gasteiger partial charge in [-0.3, -0.25) is 9.59 Å². The second kappa shape index (κ2) is 7.86. The second-order valence-corrected chi connectivity index (χ2v) is 7.18. The lowest BCUT2D eigenvalue weighted by Gasteiger charge is -2.17. The van der Waals surface area contributed by atoms with E-state index in [0.29, 0.717) is 30.3 Å². The number of hydrogen-bond donors (Lipinski definition) is 2. The summed E-state index contributed by atoms with van der Waals surface area (Å²) in [6.07, 6.45) is 4.09. The van der Waals surface area contributed by atoms with Crippen molar-refractivity contribution in [1.29, 1.82) is 0 Å². The smallest absolute Gasteiger partial charge is 0.269 e. The van der Waals surface area contributed by atoms with Crippen LogP contribution < -0.4 is 10.6 Å². The fourth-order valence-electron chi connectivity index (χ4n) is 3.80. The van der Waals surface area contributed by atoms with Crippen LogP contribution in [0.15, 0.2) is 47.4 Å². The molecule has 0 aliphatic heterocycles. The lowest BCUT2D eigenvalue weighted by Crippen LogP contribution is -2.38. The Balaban J connectivity index is 1.58. The van der Waals surface area contributed by atoms with Gasteiger partial charge in [0.1, 0.15) is 5.69 Å². The summed E-state index contributed by atoms with van der Waals surface area (Å²) in [5.41, 5.74) is 1.29. The molecule has 0 spiro atoms. The molecule has 150 valence electrons. The first-order valence-electron chi connectivity index (χ1n) is 9.44. The molecule has 2 amide bonds. The highest BCUT2D eigenvalue weighted by atomic mass is 16.5. The number of hydrogen-bond acceptors (Lipinski definition) is 6. The fraction of sp³-hybridized carbons (Fsp3) is 0.350. The van der Waals surface area contributed by atoms with Gasteiger partial charge in [0.05, 0.1) is 18.4 Å². The predicted molar refractivity (Wildman–Crippen MR) is 104 cm³/mol. The number of carbonyl (C=O) groups excluding carboxylic acids is 2. The van der Waals surface area contributed by atoms with Gasteiger partial charge in [-0.1, -0.05) is 35.5 Å². The van der Waals surface area contributed by atoms with Gasteiger partial charge in [-0.05, 0) is 12.8 Å². The van der Waals surface area contributed by atoms with Crippen molar-refractivity contribution in [3.8, 4) is 11.4 Å². The van der Waals surface area contributed by atoms with Gasteiger partial charge in [-0.25, -0.2) is 4.98 Å². The third kappa shape index (κ3) is 3.75. The molecule has 3 aromatic rings. The molecule has 3 unspecified atom stereocenters. The van der Waals surface area contributed by atoms with Crippen molar-refractivity contribution in [2.45, 2.75) is 24.8 Å². The van der Waals surface area contributed by atoms with Gasteiger partial charge in [0.2, 0.25) is 17.6 Å². The summed E-state index contributed by atoms with van der Waals surface area (Å²) in [6.45, 7) is 0. The molecule has 1 fully saturated rings. The van der Waals surface area contributed by atoms with E-state index in [0.717, 1.165) is 5.56 Å². The zero-order valence-corrected chi connectivity index (χ0v) is 16.2. The molecule has 0 radical (unpaired) electrons. The number of imidazole rings is 1. The van der Waals surface area contributed by atoms with Crippen molar-refractivity contribution in [2.75, 3.05) is 7.05 Å². The molecule has 4 rings (SSSR count). The summed E-state index contributed by atoms with van der Waals surface area (Å²) in [6, 6.07) is 9.22. The molecule has 9 heteroatoms. The first-order chi connectivity index (χ1) is 14.1. The maximum absolute atomic E-state index is 12.7. The molecule has 1 saturated carbocycles. The zero-order chi connectivity index (χ0) is 20.4. The molecule has 3 atom stereocenters. The summed E-state index contributed by atoms with van der Waals surface area (Å²) in [7, 11) is 3.37. The van der Waals surface area contributed by atoms with Crippen LogP contribution in [-0.2, 0) is 11.8 Å². The summed E-state index contributed by atoms with van der Waals surface area (Å²) in [5, 5.41) is 9.79. The van der Waals surface area contributed by atoms with E-state index >= 15 is 0 Å². The maximum Gasteiger partial charge on any atom is 0.269 e. The van der Waals surface area contributed by atoms with Crippen LogP contribution in [0.25, 0.3) is 11.4 Å². The van der Waals surface area contributed by atoms with Crippen LogP contribution >= 0.6 is 0 Å². The van der Waals surface area contributed by atoms with E-state index in [-0.39, 0.29) is 29.7 Å². The Hall–Kier alpha value is -3.49. The minimum atomic E-state index is -0.302. The van der Waals surface area contributed by atoms with E-state index < -0.39 is 0 Å². The summed E-state index contributed by atoms with van der Waals surface area (Å²) in [4.78, 5) is 33.4. The highest BCUT2D eigenvalue weighted by Crippen LogP contribution is 2.38. The molecule has 1 aliphatic rings. The van der Waals surface area contributed by atoms with Crippen LogP contribution in [0, 0.1) is 5.92 Å². The van der Waals surface area contributed by atoms with Crippen LogP contribution in [0.3, 0.4) is 0 Å². The number of carbonyl (C=O) groups is 2. The van der Waals surface area contributed by atoms with Gasteiger partial charge in [-0.15, -0.1) is 0 Å². The predicted octanol–water partition coefficient (Wildman–Crippen LogP) is 1.51. The number of amides is 2. The number of nitrogens with zero attached hydrogens (tertiary/aromatic N) is 4. The molecule has 0 saturated heterocycles. The monoisotopic (exact) mass is 394 g/mol. The highest BCUT2D eigenvalue weighted by Gasteiger charge is 2.42. The zero-order valence-electron chi connectivity index (χ0n) is 16.2. The summed E-state index contributed by atoms with van der Waals surface area (Å²) < 4.78 is 7.18. The van der Waals surface area contributed by atoms with Gasteiger partial charge in [0.25, 0.3) is 5.91 Å². The molecule has 0 bridgehead atoms. The van der Waals surface area contributed by atoms with E-state index in [1.54, 1.807) is 25.0 Å². The average Bonchev–Trinajstić information content (AvgIpc) is 3.47. The summed E-state index contributed by atoms with van der Waals surface area (Å²) >= 11 is 0. The molecule has 2 N–H and O–H groups in total. The third-order valence-electron chi connectivity index (χ3n) is 5.34. The normalized spacial score (nSPS) is 21.1. The van der Waals surface area contributed by atoms with Crippen LogP contribution in [-0.4, -0.2) is 44.6 Å².